The highest BCUT2D eigenvalue weighted by Crippen LogP contribution is 2.39. The van der Waals surface area contributed by atoms with E-state index in [1.807, 2.05) is 6.07 Å². The summed E-state index contributed by atoms with van der Waals surface area (Å²) in [6.07, 6.45) is 4.98. The summed E-state index contributed by atoms with van der Waals surface area (Å²) in [5.41, 5.74) is 7.35. The van der Waals surface area contributed by atoms with Crippen molar-refractivity contribution in [2.75, 3.05) is 11.9 Å². The lowest BCUT2D eigenvalue weighted by Crippen LogP contribution is -2.49. The van der Waals surface area contributed by atoms with Gasteiger partial charge in [0.2, 0.25) is 0 Å². The molecular weight excluding hydrogens is 300 g/mol. The molecule has 2 unspecified atom stereocenters. The first-order valence-electron chi connectivity index (χ1n) is 7.29. The molecule has 1 fully saturated rings. The van der Waals surface area contributed by atoms with E-state index in [2.05, 4.69) is 53.3 Å². The normalized spacial score (nSPS) is 27.5. The van der Waals surface area contributed by atoms with Crippen LogP contribution in [0.2, 0.25) is 0 Å². The van der Waals surface area contributed by atoms with Gasteiger partial charge in [-0.15, -0.1) is 0 Å². The van der Waals surface area contributed by atoms with Gasteiger partial charge in [0.15, 0.2) is 0 Å². The topological polar surface area (TPSA) is 38.0 Å². The second kappa shape index (κ2) is 6.27. The molecule has 0 radical (unpaired) electrons. The first-order chi connectivity index (χ1) is 9.06. The molecular formula is C16H25BrN2. The van der Waals surface area contributed by atoms with Crippen LogP contribution in [0.15, 0.2) is 28.7 Å². The molecule has 0 spiro atoms. The number of benzene rings is 1. The minimum absolute atomic E-state index is 0.0665. The zero-order chi connectivity index (χ0) is 13.9. The Hall–Kier alpha value is -0.540. The highest BCUT2D eigenvalue weighted by Gasteiger charge is 2.36. The number of nitrogens with two attached hydrogens (primary N) is 1. The number of hydrogen-bond acceptors (Lipinski definition) is 2. The minimum atomic E-state index is 0.0665. The van der Waals surface area contributed by atoms with Gasteiger partial charge in [0.1, 0.15) is 0 Å². The Morgan fingerprint density at radius 1 is 1.42 bits per heavy atom. The summed E-state index contributed by atoms with van der Waals surface area (Å²) in [6.45, 7) is 5.36. The molecule has 2 nitrogen and oxygen atoms in total. The lowest BCUT2D eigenvalue weighted by Gasteiger charge is -2.43. The Labute approximate surface area is 125 Å². The van der Waals surface area contributed by atoms with Crippen LogP contribution in [-0.4, -0.2) is 12.1 Å². The molecule has 1 aromatic rings. The predicted octanol–water partition coefficient (Wildman–Crippen LogP) is 4.40. The Morgan fingerprint density at radius 2 is 2.16 bits per heavy atom. The van der Waals surface area contributed by atoms with Crippen LogP contribution in [0.1, 0.15) is 39.5 Å². The molecule has 2 rings (SSSR count). The highest BCUT2D eigenvalue weighted by atomic mass is 79.9. The highest BCUT2D eigenvalue weighted by molar-refractivity contribution is 9.10. The fourth-order valence-corrected chi connectivity index (χ4v) is 3.56. The maximum absolute atomic E-state index is 6.12. The van der Waals surface area contributed by atoms with Gasteiger partial charge >= 0.3 is 0 Å². The summed E-state index contributed by atoms with van der Waals surface area (Å²) in [4.78, 5) is 0. The van der Waals surface area contributed by atoms with Crippen molar-refractivity contribution in [2.45, 2.75) is 45.1 Å². The van der Waals surface area contributed by atoms with Crippen molar-refractivity contribution in [1.82, 2.24) is 0 Å². The third-order valence-electron chi connectivity index (χ3n) is 4.49. The van der Waals surface area contributed by atoms with Gasteiger partial charge in [-0.1, -0.05) is 38.8 Å². The van der Waals surface area contributed by atoms with Gasteiger partial charge in [-0.3, -0.25) is 0 Å². The van der Waals surface area contributed by atoms with Crippen molar-refractivity contribution < 1.29 is 0 Å². The Bertz CT molecular complexity index is 419. The summed E-state index contributed by atoms with van der Waals surface area (Å²) in [5.74, 6) is 1.53. The quantitative estimate of drug-likeness (QED) is 0.861. The zero-order valence-electron chi connectivity index (χ0n) is 12.0. The van der Waals surface area contributed by atoms with Gasteiger partial charge in [0.25, 0.3) is 0 Å². The minimum Gasteiger partial charge on any atom is -0.377 e. The number of hydrogen-bond donors (Lipinski definition) is 2. The van der Waals surface area contributed by atoms with Crippen LogP contribution in [0, 0.1) is 11.8 Å². The third-order valence-corrected chi connectivity index (χ3v) is 5.18. The first-order valence-corrected chi connectivity index (χ1v) is 8.08. The van der Waals surface area contributed by atoms with Crippen molar-refractivity contribution in [2.24, 2.45) is 17.6 Å². The Morgan fingerprint density at radius 3 is 2.79 bits per heavy atom. The zero-order valence-corrected chi connectivity index (χ0v) is 13.5. The molecule has 0 heterocycles. The first kappa shape index (κ1) is 14.9. The Kier molecular flexibility index (Phi) is 4.91. The molecule has 3 heteroatoms. The maximum atomic E-state index is 6.12. The SMILES string of the molecule is CC(C)C1CCCC(CN)(Nc2ccccc2Br)C1. The van der Waals surface area contributed by atoms with Crippen LogP contribution in [0.3, 0.4) is 0 Å². The van der Waals surface area contributed by atoms with E-state index in [-0.39, 0.29) is 5.54 Å². The van der Waals surface area contributed by atoms with Crippen molar-refractivity contribution in [1.29, 1.82) is 0 Å². The predicted molar refractivity (Wildman–Crippen MR) is 86.3 cm³/mol. The number of nitrogens with one attached hydrogen (secondary N) is 1. The lowest BCUT2D eigenvalue weighted by atomic mass is 9.71. The largest absolute Gasteiger partial charge is 0.377 e. The second-order valence-electron chi connectivity index (χ2n) is 6.19. The van der Waals surface area contributed by atoms with Crippen LogP contribution < -0.4 is 11.1 Å². The molecule has 1 saturated carbocycles. The number of rotatable bonds is 4. The second-order valence-corrected chi connectivity index (χ2v) is 7.04. The molecule has 0 saturated heterocycles. The fraction of sp³-hybridized carbons (Fsp3) is 0.625. The molecule has 0 bridgehead atoms. The van der Waals surface area contributed by atoms with E-state index in [0.29, 0.717) is 6.54 Å². The van der Waals surface area contributed by atoms with Crippen molar-refractivity contribution in [3.63, 3.8) is 0 Å². The van der Waals surface area contributed by atoms with E-state index in [4.69, 9.17) is 5.73 Å². The molecule has 0 aromatic heterocycles. The molecule has 2 atom stereocenters. The maximum Gasteiger partial charge on any atom is 0.0498 e. The fourth-order valence-electron chi connectivity index (χ4n) is 3.18. The van der Waals surface area contributed by atoms with Crippen LogP contribution in [0.5, 0.6) is 0 Å². The molecule has 0 amide bonds. The van der Waals surface area contributed by atoms with Crippen molar-refractivity contribution in [3.05, 3.63) is 28.7 Å². The summed E-state index contributed by atoms with van der Waals surface area (Å²) in [7, 11) is 0. The van der Waals surface area contributed by atoms with E-state index in [1.54, 1.807) is 0 Å². The van der Waals surface area contributed by atoms with E-state index >= 15 is 0 Å². The molecule has 3 N–H and O–H groups in total. The average molecular weight is 325 g/mol. The molecule has 106 valence electrons. The smallest absolute Gasteiger partial charge is 0.0498 e. The summed E-state index contributed by atoms with van der Waals surface area (Å²) < 4.78 is 1.12. The monoisotopic (exact) mass is 324 g/mol. The van der Waals surface area contributed by atoms with Crippen molar-refractivity contribution >= 4 is 21.6 Å². The number of halogens is 1. The molecule has 0 aliphatic heterocycles. The van der Waals surface area contributed by atoms with Gasteiger partial charge < -0.3 is 11.1 Å². The van der Waals surface area contributed by atoms with E-state index in [0.717, 1.165) is 22.0 Å². The van der Waals surface area contributed by atoms with Gasteiger partial charge in [0.05, 0.1) is 0 Å². The molecule has 1 aromatic carbocycles. The molecule has 19 heavy (non-hydrogen) atoms. The van der Waals surface area contributed by atoms with Crippen LogP contribution in [0.25, 0.3) is 0 Å². The van der Waals surface area contributed by atoms with Crippen LogP contribution in [0.4, 0.5) is 5.69 Å². The molecule has 1 aliphatic carbocycles. The summed E-state index contributed by atoms with van der Waals surface area (Å²) in [5, 5.41) is 3.73. The van der Waals surface area contributed by atoms with Crippen LogP contribution >= 0.6 is 15.9 Å². The summed E-state index contributed by atoms with van der Waals surface area (Å²) in [6, 6.07) is 8.32. The van der Waals surface area contributed by atoms with E-state index < -0.39 is 0 Å². The van der Waals surface area contributed by atoms with Gasteiger partial charge in [0, 0.05) is 22.2 Å². The molecule has 1 aliphatic rings. The third kappa shape index (κ3) is 3.51. The van der Waals surface area contributed by atoms with E-state index in [1.165, 1.54) is 25.7 Å². The van der Waals surface area contributed by atoms with Gasteiger partial charge in [-0.25, -0.2) is 0 Å². The van der Waals surface area contributed by atoms with Gasteiger partial charge in [-0.05, 0) is 52.7 Å². The Balaban J connectivity index is 2.16. The number of anilines is 1. The average Bonchev–Trinajstić information content (AvgIpc) is 2.42. The van der Waals surface area contributed by atoms with Crippen LogP contribution in [-0.2, 0) is 0 Å². The standard InChI is InChI=1S/C16H25BrN2/c1-12(2)13-6-5-9-16(10-13,11-18)19-15-8-4-3-7-14(15)17/h3-4,7-8,12-13,19H,5-6,9-11,18H2,1-2H3. The van der Waals surface area contributed by atoms with E-state index in [9.17, 15) is 0 Å². The lowest BCUT2D eigenvalue weighted by molar-refractivity contribution is 0.203. The summed E-state index contributed by atoms with van der Waals surface area (Å²) >= 11 is 3.62. The van der Waals surface area contributed by atoms with Crippen molar-refractivity contribution in [3.8, 4) is 0 Å². The van der Waals surface area contributed by atoms with Gasteiger partial charge in [-0.2, -0.15) is 0 Å². The number of para-hydroxylation sites is 1.